The maximum atomic E-state index is 2.27. The Balaban J connectivity index is 2.15. The van der Waals surface area contributed by atoms with E-state index in [4.69, 9.17) is 0 Å². The minimum Gasteiger partial charge on any atom is -0.165 e. The van der Waals surface area contributed by atoms with Gasteiger partial charge in [0.2, 0.25) is 0 Å². The minimum atomic E-state index is 0.958. The normalized spacial score (nSPS) is 24.3. The van der Waals surface area contributed by atoms with Gasteiger partial charge in [-0.15, -0.1) is 0 Å². The SMILES string of the molecule is CSCCCS[C@H]1CCCC[C@@H]1SCCCSC. The van der Waals surface area contributed by atoms with Crippen molar-refractivity contribution in [3.63, 3.8) is 0 Å². The van der Waals surface area contributed by atoms with Gasteiger partial charge in [-0.25, -0.2) is 0 Å². The van der Waals surface area contributed by atoms with Crippen molar-refractivity contribution in [1.82, 2.24) is 0 Å². The Hall–Kier alpha value is 1.40. The highest BCUT2D eigenvalue weighted by Crippen LogP contribution is 2.36. The Morgan fingerprint density at radius 1 is 0.722 bits per heavy atom. The fourth-order valence-electron chi connectivity index (χ4n) is 2.32. The highest BCUT2D eigenvalue weighted by Gasteiger charge is 2.25. The molecule has 0 aromatic rings. The van der Waals surface area contributed by atoms with Crippen molar-refractivity contribution in [3.05, 3.63) is 0 Å². The van der Waals surface area contributed by atoms with Crippen LogP contribution in [0, 0.1) is 0 Å². The average molecular weight is 325 g/mol. The van der Waals surface area contributed by atoms with E-state index in [0.29, 0.717) is 0 Å². The van der Waals surface area contributed by atoms with E-state index in [1.165, 1.54) is 61.5 Å². The lowest BCUT2D eigenvalue weighted by atomic mass is 10.00. The minimum absolute atomic E-state index is 0.958. The lowest BCUT2D eigenvalue weighted by molar-refractivity contribution is 0.527. The first kappa shape index (κ1) is 17.5. The second kappa shape index (κ2) is 12.2. The second-order valence-electron chi connectivity index (χ2n) is 4.80. The van der Waals surface area contributed by atoms with Gasteiger partial charge in [0, 0.05) is 10.5 Å². The van der Waals surface area contributed by atoms with E-state index in [1.54, 1.807) is 0 Å². The monoisotopic (exact) mass is 324 g/mol. The molecule has 0 nitrogen and oxygen atoms in total. The van der Waals surface area contributed by atoms with Gasteiger partial charge in [0.25, 0.3) is 0 Å². The lowest BCUT2D eigenvalue weighted by Crippen LogP contribution is -2.25. The molecule has 0 bridgehead atoms. The third-order valence-corrected chi connectivity index (χ3v) is 7.89. The van der Waals surface area contributed by atoms with Gasteiger partial charge in [-0.05, 0) is 61.2 Å². The third-order valence-electron chi connectivity index (χ3n) is 3.29. The summed E-state index contributed by atoms with van der Waals surface area (Å²) in [5.41, 5.74) is 0. The molecule has 0 amide bonds. The molecule has 0 aromatic carbocycles. The van der Waals surface area contributed by atoms with Crippen LogP contribution in [0.5, 0.6) is 0 Å². The highest BCUT2D eigenvalue weighted by atomic mass is 32.2. The summed E-state index contributed by atoms with van der Waals surface area (Å²) in [5, 5.41) is 1.92. The molecule has 0 saturated heterocycles. The number of rotatable bonds is 10. The van der Waals surface area contributed by atoms with Crippen molar-refractivity contribution in [2.24, 2.45) is 0 Å². The Labute approximate surface area is 131 Å². The fraction of sp³-hybridized carbons (Fsp3) is 1.00. The van der Waals surface area contributed by atoms with Crippen LogP contribution in [0.25, 0.3) is 0 Å². The van der Waals surface area contributed by atoms with E-state index in [2.05, 4.69) is 36.0 Å². The third kappa shape index (κ3) is 7.86. The second-order valence-corrected chi connectivity index (χ2v) is 9.46. The van der Waals surface area contributed by atoms with Gasteiger partial charge in [-0.2, -0.15) is 47.0 Å². The Morgan fingerprint density at radius 2 is 1.17 bits per heavy atom. The largest absolute Gasteiger partial charge is 0.165 e. The predicted octanol–water partition coefficient (Wildman–Crippen LogP) is 5.27. The summed E-state index contributed by atoms with van der Waals surface area (Å²) in [6.07, 6.45) is 13.1. The van der Waals surface area contributed by atoms with Crippen LogP contribution in [-0.4, -0.2) is 46.0 Å². The molecule has 1 saturated carbocycles. The quantitative estimate of drug-likeness (QED) is 0.502. The van der Waals surface area contributed by atoms with E-state index in [-0.39, 0.29) is 0 Å². The zero-order valence-corrected chi connectivity index (χ0v) is 15.1. The molecule has 0 unspecified atom stereocenters. The zero-order valence-electron chi connectivity index (χ0n) is 11.9. The van der Waals surface area contributed by atoms with Crippen molar-refractivity contribution in [1.29, 1.82) is 0 Å². The Morgan fingerprint density at radius 3 is 1.56 bits per heavy atom. The number of thioether (sulfide) groups is 4. The summed E-state index contributed by atoms with van der Waals surface area (Å²) in [7, 11) is 0. The van der Waals surface area contributed by atoms with E-state index in [1.807, 2.05) is 23.5 Å². The van der Waals surface area contributed by atoms with E-state index in [0.717, 1.165) is 10.5 Å². The summed E-state index contributed by atoms with van der Waals surface area (Å²) in [4.78, 5) is 0. The summed E-state index contributed by atoms with van der Waals surface area (Å²) in [5.74, 6) is 5.44. The maximum absolute atomic E-state index is 2.27. The molecule has 1 rings (SSSR count). The summed E-state index contributed by atoms with van der Waals surface area (Å²) in [6, 6.07) is 0. The topological polar surface area (TPSA) is 0 Å². The van der Waals surface area contributed by atoms with Gasteiger partial charge in [-0.1, -0.05) is 12.8 Å². The molecule has 1 fully saturated rings. The fourth-order valence-corrected chi connectivity index (χ4v) is 6.62. The lowest BCUT2D eigenvalue weighted by Gasteiger charge is -2.30. The molecule has 4 heteroatoms. The number of hydrogen-bond acceptors (Lipinski definition) is 4. The molecule has 0 spiro atoms. The van der Waals surface area contributed by atoms with Crippen LogP contribution in [0.4, 0.5) is 0 Å². The molecular formula is C14H28S4. The van der Waals surface area contributed by atoms with Gasteiger partial charge >= 0.3 is 0 Å². The number of hydrogen-bond donors (Lipinski definition) is 0. The van der Waals surface area contributed by atoms with Crippen LogP contribution >= 0.6 is 47.0 Å². The van der Waals surface area contributed by atoms with Gasteiger partial charge in [0.05, 0.1) is 0 Å². The van der Waals surface area contributed by atoms with Crippen LogP contribution in [0.15, 0.2) is 0 Å². The van der Waals surface area contributed by atoms with Crippen molar-refractivity contribution in [2.75, 3.05) is 35.5 Å². The molecule has 0 aromatic heterocycles. The van der Waals surface area contributed by atoms with Crippen molar-refractivity contribution < 1.29 is 0 Å². The van der Waals surface area contributed by atoms with E-state index >= 15 is 0 Å². The summed E-state index contributed by atoms with van der Waals surface area (Å²) in [6.45, 7) is 0. The average Bonchev–Trinajstić information content (AvgIpc) is 2.41. The molecule has 1 aliphatic carbocycles. The Kier molecular flexibility index (Phi) is 11.8. The van der Waals surface area contributed by atoms with E-state index < -0.39 is 0 Å². The van der Waals surface area contributed by atoms with Gasteiger partial charge in [0.1, 0.15) is 0 Å². The smallest absolute Gasteiger partial charge is 0.0166 e. The van der Waals surface area contributed by atoms with Crippen LogP contribution in [-0.2, 0) is 0 Å². The van der Waals surface area contributed by atoms with Crippen molar-refractivity contribution >= 4 is 47.0 Å². The molecule has 2 atom stereocenters. The van der Waals surface area contributed by atoms with Crippen molar-refractivity contribution in [2.45, 2.75) is 49.0 Å². The standard InChI is InChI=1S/C14H28S4/c1-15-9-5-11-17-13-7-3-4-8-14(13)18-12-6-10-16-2/h13-14H,3-12H2,1-2H3/t13-,14-/m0/s1. The first-order valence-electron chi connectivity index (χ1n) is 7.09. The van der Waals surface area contributed by atoms with E-state index in [9.17, 15) is 0 Å². The molecular weight excluding hydrogens is 296 g/mol. The van der Waals surface area contributed by atoms with Gasteiger partial charge in [0.15, 0.2) is 0 Å². The maximum Gasteiger partial charge on any atom is 0.0166 e. The molecule has 0 N–H and O–H groups in total. The molecule has 18 heavy (non-hydrogen) atoms. The Bertz CT molecular complexity index is 167. The summed E-state index contributed by atoms with van der Waals surface area (Å²) >= 11 is 8.51. The first-order valence-corrected chi connectivity index (χ1v) is 12.0. The van der Waals surface area contributed by atoms with Gasteiger partial charge < -0.3 is 0 Å². The predicted molar refractivity (Wildman–Crippen MR) is 97.0 cm³/mol. The van der Waals surface area contributed by atoms with Crippen LogP contribution in [0.2, 0.25) is 0 Å². The molecule has 0 aliphatic heterocycles. The molecule has 108 valence electrons. The van der Waals surface area contributed by atoms with Crippen molar-refractivity contribution in [3.8, 4) is 0 Å². The van der Waals surface area contributed by atoms with Gasteiger partial charge in [-0.3, -0.25) is 0 Å². The first-order chi connectivity index (χ1) is 8.88. The van der Waals surface area contributed by atoms with Crippen LogP contribution < -0.4 is 0 Å². The van der Waals surface area contributed by atoms with Crippen LogP contribution in [0.1, 0.15) is 38.5 Å². The molecule has 0 radical (unpaired) electrons. The zero-order chi connectivity index (χ0) is 13.1. The summed E-state index contributed by atoms with van der Waals surface area (Å²) < 4.78 is 0. The highest BCUT2D eigenvalue weighted by molar-refractivity contribution is 8.04. The molecule has 1 aliphatic rings. The van der Waals surface area contributed by atoms with Crippen LogP contribution in [0.3, 0.4) is 0 Å². The molecule has 0 heterocycles.